The molecule has 1 unspecified atom stereocenters. The van der Waals surface area contributed by atoms with E-state index in [-0.39, 0.29) is 0 Å². The number of unbranched alkanes of at least 4 members (excludes halogenated alkanes) is 8. The van der Waals surface area contributed by atoms with E-state index in [1.807, 2.05) is 0 Å². The van der Waals surface area contributed by atoms with E-state index in [4.69, 9.17) is 5.73 Å². The van der Waals surface area contributed by atoms with Gasteiger partial charge in [-0.25, -0.2) is 0 Å². The van der Waals surface area contributed by atoms with Crippen molar-refractivity contribution < 1.29 is 0 Å². The summed E-state index contributed by atoms with van der Waals surface area (Å²) in [6, 6.07) is 0.309. The topological polar surface area (TPSA) is 50.1 Å². The van der Waals surface area contributed by atoms with Crippen LogP contribution in [-0.2, 0) is 0 Å². The van der Waals surface area contributed by atoms with Crippen LogP contribution < -0.4 is 16.4 Å². The second-order valence-corrected chi connectivity index (χ2v) is 7.26. The smallest absolute Gasteiger partial charge is 0.0650 e. The number of nitrogens with one attached hydrogen (secondary N) is 2. The van der Waals surface area contributed by atoms with Crippen molar-refractivity contribution in [2.45, 2.75) is 103 Å². The van der Waals surface area contributed by atoms with Crippen molar-refractivity contribution in [2.75, 3.05) is 13.1 Å². The minimum atomic E-state index is 0.309. The molecule has 0 aliphatic heterocycles. The zero-order chi connectivity index (χ0) is 18.8. The summed E-state index contributed by atoms with van der Waals surface area (Å²) < 4.78 is 0. The van der Waals surface area contributed by atoms with Gasteiger partial charge in [0.15, 0.2) is 0 Å². The second-order valence-electron chi connectivity index (χ2n) is 7.26. The predicted octanol–water partition coefficient (Wildman–Crippen LogP) is 5.63. The average molecular weight is 352 g/mol. The van der Waals surface area contributed by atoms with Gasteiger partial charge in [-0.3, -0.25) is 0 Å². The normalized spacial score (nSPS) is 12.0. The zero-order valence-corrected chi connectivity index (χ0v) is 17.2. The third-order valence-electron chi connectivity index (χ3n) is 4.71. The SMILES string of the molecule is C=C(CCCCCN)NC(CCCCC)C(=C)NCCCCCCC. The van der Waals surface area contributed by atoms with E-state index in [1.54, 1.807) is 0 Å². The van der Waals surface area contributed by atoms with Crippen molar-refractivity contribution in [1.82, 2.24) is 10.6 Å². The molecule has 0 spiro atoms. The number of hydrogen-bond donors (Lipinski definition) is 3. The van der Waals surface area contributed by atoms with Gasteiger partial charge in [-0.05, 0) is 38.6 Å². The Morgan fingerprint density at radius 3 is 2.16 bits per heavy atom. The molecule has 0 saturated carbocycles. The third-order valence-corrected chi connectivity index (χ3v) is 4.71. The van der Waals surface area contributed by atoms with E-state index < -0.39 is 0 Å². The van der Waals surface area contributed by atoms with Crippen LogP contribution in [0.2, 0.25) is 0 Å². The van der Waals surface area contributed by atoms with Crippen LogP contribution in [0, 0.1) is 0 Å². The number of nitrogens with two attached hydrogens (primary N) is 1. The van der Waals surface area contributed by atoms with Crippen LogP contribution in [0.1, 0.15) is 97.3 Å². The molecular weight excluding hydrogens is 306 g/mol. The zero-order valence-electron chi connectivity index (χ0n) is 17.2. The highest BCUT2D eigenvalue weighted by atomic mass is 15.0. The summed E-state index contributed by atoms with van der Waals surface area (Å²) in [5, 5.41) is 7.18. The lowest BCUT2D eigenvalue weighted by Gasteiger charge is -2.24. The van der Waals surface area contributed by atoms with E-state index in [0.29, 0.717) is 6.04 Å². The predicted molar refractivity (Wildman–Crippen MR) is 114 cm³/mol. The van der Waals surface area contributed by atoms with Gasteiger partial charge in [0.05, 0.1) is 6.04 Å². The average Bonchev–Trinajstić information content (AvgIpc) is 2.61. The Morgan fingerprint density at radius 2 is 1.48 bits per heavy atom. The molecule has 0 heterocycles. The first-order chi connectivity index (χ1) is 12.2. The van der Waals surface area contributed by atoms with Gasteiger partial charge in [-0.15, -0.1) is 0 Å². The molecule has 1 atom stereocenters. The minimum absolute atomic E-state index is 0.309. The Labute approximate surface area is 157 Å². The highest BCUT2D eigenvalue weighted by Gasteiger charge is 2.12. The number of hydrogen-bond acceptors (Lipinski definition) is 3. The van der Waals surface area contributed by atoms with Crippen molar-refractivity contribution >= 4 is 0 Å². The molecule has 0 bridgehead atoms. The van der Waals surface area contributed by atoms with E-state index in [2.05, 4.69) is 37.6 Å². The van der Waals surface area contributed by atoms with Gasteiger partial charge in [0.2, 0.25) is 0 Å². The summed E-state index contributed by atoms with van der Waals surface area (Å²) in [7, 11) is 0. The van der Waals surface area contributed by atoms with E-state index in [1.165, 1.54) is 64.2 Å². The maximum absolute atomic E-state index is 5.56. The summed E-state index contributed by atoms with van der Waals surface area (Å²) in [6.07, 6.45) is 16.0. The Kier molecular flexibility index (Phi) is 17.2. The third kappa shape index (κ3) is 15.0. The Hall–Kier alpha value is -0.960. The molecule has 148 valence electrons. The summed E-state index contributed by atoms with van der Waals surface area (Å²) in [6.45, 7) is 14.9. The van der Waals surface area contributed by atoms with Crippen LogP contribution in [0.15, 0.2) is 24.6 Å². The molecular formula is C22H45N3. The lowest BCUT2D eigenvalue weighted by Crippen LogP contribution is -2.36. The van der Waals surface area contributed by atoms with Gasteiger partial charge in [-0.1, -0.05) is 78.4 Å². The van der Waals surface area contributed by atoms with E-state index in [0.717, 1.165) is 43.7 Å². The van der Waals surface area contributed by atoms with Gasteiger partial charge in [0.25, 0.3) is 0 Å². The Bertz CT molecular complexity index is 325. The molecule has 3 heteroatoms. The molecule has 0 aromatic carbocycles. The fraction of sp³-hybridized carbons (Fsp3) is 0.818. The van der Waals surface area contributed by atoms with Crippen molar-refractivity contribution in [3.05, 3.63) is 24.6 Å². The molecule has 25 heavy (non-hydrogen) atoms. The van der Waals surface area contributed by atoms with Gasteiger partial charge in [0, 0.05) is 17.9 Å². The molecule has 3 nitrogen and oxygen atoms in total. The van der Waals surface area contributed by atoms with Crippen molar-refractivity contribution in [2.24, 2.45) is 5.73 Å². The molecule has 0 radical (unpaired) electrons. The highest BCUT2D eigenvalue weighted by molar-refractivity contribution is 5.08. The maximum atomic E-state index is 5.56. The molecule has 0 aromatic rings. The first kappa shape index (κ1) is 24.0. The van der Waals surface area contributed by atoms with Crippen molar-refractivity contribution in [3.63, 3.8) is 0 Å². The lowest BCUT2D eigenvalue weighted by atomic mass is 10.0. The van der Waals surface area contributed by atoms with E-state index in [9.17, 15) is 0 Å². The van der Waals surface area contributed by atoms with Crippen LogP contribution in [0.5, 0.6) is 0 Å². The molecule has 0 aliphatic carbocycles. The summed E-state index contributed by atoms with van der Waals surface area (Å²) in [5.74, 6) is 0. The Balaban J connectivity index is 4.15. The molecule has 0 rings (SSSR count). The Morgan fingerprint density at radius 1 is 0.840 bits per heavy atom. The largest absolute Gasteiger partial charge is 0.387 e. The monoisotopic (exact) mass is 351 g/mol. The fourth-order valence-corrected chi connectivity index (χ4v) is 3.01. The maximum Gasteiger partial charge on any atom is 0.0650 e. The van der Waals surface area contributed by atoms with Gasteiger partial charge in [0.1, 0.15) is 0 Å². The van der Waals surface area contributed by atoms with E-state index >= 15 is 0 Å². The van der Waals surface area contributed by atoms with Crippen LogP contribution in [0.25, 0.3) is 0 Å². The number of allylic oxidation sites excluding steroid dienone is 1. The molecule has 0 amide bonds. The van der Waals surface area contributed by atoms with Gasteiger partial charge >= 0.3 is 0 Å². The molecule has 0 aromatic heterocycles. The second kappa shape index (κ2) is 17.8. The van der Waals surface area contributed by atoms with Crippen LogP contribution in [-0.4, -0.2) is 19.1 Å². The van der Waals surface area contributed by atoms with Gasteiger partial charge < -0.3 is 16.4 Å². The van der Waals surface area contributed by atoms with Crippen LogP contribution >= 0.6 is 0 Å². The summed E-state index contributed by atoms with van der Waals surface area (Å²) in [5.41, 5.74) is 7.84. The molecule has 0 aliphatic rings. The standard InChI is InChI=1S/C22H45N3/c1-5-7-9-10-15-19-24-21(4)22(17-12-8-6-2)25-20(3)16-13-11-14-18-23/h22,24-25H,3-19,23H2,1-2H3. The fourth-order valence-electron chi connectivity index (χ4n) is 3.01. The highest BCUT2D eigenvalue weighted by Crippen LogP contribution is 2.13. The summed E-state index contributed by atoms with van der Waals surface area (Å²) >= 11 is 0. The van der Waals surface area contributed by atoms with Crippen LogP contribution in [0.4, 0.5) is 0 Å². The lowest BCUT2D eigenvalue weighted by molar-refractivity contribution is 0.500. The molecule has 4 N–H and O–H groups in total. The molecule has 0 saturated heterocycles. The quantitative estimate of drug-likeness (QED) is 0.264. The van der Waals surface area contributed by atoms with Crippen molar-refractivity contribution in [3.8, 4) is 0 Å². The van der Waals surface area contributed by atoms with Gasteiger partial charge in [-0.2, -0.15) is 0 Å². The van der Waals surface area contributed by atoms with Crippen LogP contribution in [0.3, 0.4) is 0 Å². The minimum Gasteiger partial charge on any atom is -0.387 e. The number of rotatable bonds is 19. The summed E-state index contributed by atoms with van der Waals surface area (Å²) in [4.78, 5) is 0. The molecule has 0 fully saturated rings. The first-order valence-electron chi connectivity index (χ1n) is 10.7. The van der Waals surface area contributed by atoms with Crippen molar-refractivity contribution in [1.29, 1.82) is 0 Å². The first-order valence-corrected chi connectivity index (χ1v) is 10.7.